The van der Waals surface area contributed by atoms with Crippen LogP contribution in [-0.2, 0) is 13.2 Å². The number of hydrogen-bond acceptors (Lipinski definition) is 6. The molecule has 2 aromatic carbocycles. The number of nitrogens with zero attached hydrogens (tertiary/aromatic N) is 3. The number of hydrogen-bond donors (Lipinski definition) is 0. The molecule has 1 heterocycles. The second kappa shape index (κ2) is 8.80. The molecular formula is C22H25N3O3S. The Hall–Kier alpha value is -2.64. The predicted octanol–water partition coefficient (Wildman–Crippen LogP) is 4.90. The van der Waals surface area contributed by atoms with Crippen LogP contribution in [0.4, 0.5) is 0 Å². The van der Waals surface area contributed by atoms with Gasteiger partial charge in [0.25, 0.3) is 10.7 Å². The molecule has 1 fully saturated rings. The first-order chi connectivity index (χ1) is 14.2. The van der Waals surface area contributed by atoms with Gasteiger partial charge < -0.3 is 13.9 Å². The lowest BCUT2D eigenvalue weighted by atomic mass is 10.2. The van der Waals surface area contributed by atoms with Gasteiger partial charge in [0.15, 0.2) is 0 Å². The van der Waals surface area contributed by atoms with Crippen LogP contribution in [0.5, 0.6) is 11.5 Å². The zero-order chi connectivity index (χ0) is 20.2. The van der Waals surface area contributed by atoms with E-state index >= 15 is 0 Å². The zero-order valence-electron chi connectivity index (χ0n) is 16.7. The van der Waals surface area contributed by atoms with E-state index in [1.54, 1.807) is 11.8 Å². The van der Waals surface area contributed by atoms with Crippen molar-refractivity contribution in [3.63, 3.8) is 0 Å². The Balaban J connectivity index is 1.54. The van der Waals surface area contributed by atoms with Crippen molar-refractivity contribution in [2.24, 2.45) is 0 Å². The van der Waals surface area contributed by atoms with Crippen LogP contribution in [0.3, 0.4) is 0 Å². The van der Waals surface area contributed by atoms with Crippen LogP contribution in [0.1, 0.15) is 25.3 Å². The summed E-state index contributed by atoms with van der Waals surface area (Å²) in [5, 5.41) is 4.65. The molecule has 0 aliphatic heterocycles. The SMILES string of the molecule is CCOc1ccccc1-c1nn(CN(Cc2ccc(OC)cc2)C2CC2)c(=S)o1. The lowest BCUT2D eigenvalue weighted by molar-refractivity contribution is 0.184. The minimum atomic E-state index is 0.367. The van der Waals surface area contributed by atoms with E-state index in [0.717, 1.165) is 23.6 Å². The second-order valence-corrected chi connectivity index (χ2v) is 7.42. The average molecular weight is 412 g/mol. The molecule has 0 spiro atoms. The van der Waals surface area contributed by atoms with Crippen molar-refractivity contribution in [2.75, 3.05) is 13.7 Å². The largest absolute Gasteiger partial charge is 0.497 e. The Labute approximate surface area is 175 Å². The fraction of sp³-hybridized carbons (Fsp3) is 0.364. The molecule has 1 saturated carbocycles. The summed E-state index contributed by atoms with van der Waals surface area (Å²) in [7, 11) is 1.68. The summed E-state index contributed by atoms with van der Waals surface area (Å²) in [5.41, 5.74) is 2.04. The highest BCUT2D eigenvalue weighted by Crippen LogP contribution is 2.31. The number of methoxy groups -OCH3 is 1. The molecule has 1 aliphatic carbocycles. The molecule has 0 saturated heterocycles. The number of benzene rings is 2. The number of rotatable bonds is 9. The summed E-state index contributed by atoms with van der Waals surface area (Å²) in [6, 6.07) is 16.5. The van der Waals surface area contributed by atoms with Crippen LogP contribution in [-0.4, -0.2) is 34.4 Å². The minimum absolute atomic E-state index is 0.367. The van der Waals surface area contributed by atoms with E-state index < -0.39 is 0 Å². The number of ether oxygens (including phenoxy) is 2. The van der Waals surface area contributed by atoms with Gasteiger partial charge in [0.1, 0.15) is 11.5 Å². The lowest BCUT2D eigenvalue weighted by Gasteiger charge is -2.21. The minimum Gasteiger partial charge on any atom is -0.497 e. The van der Waals surface area contributed by atoms with Gasteiger partial charge in [-0.25, -0.2) is 4.68 Å². The lowest BCUT2D eigenvalue weighted by Crippen LogP contribution is -2.28. The van der Waals surface area contributed by atoms with E-state index in [1.807, 2.05) is 43.3 Å². The molecule has 0 unspecified atom stereocenters. The van der Waals surface area contributed by atoms with Gasteiger partial charge in [-0.3, -0.25) is 4.90 Å². The third-order valence-corrected chi connectivity index (χ3v) is 5.24. The van der Waals surface area contributed by atoms with Crippen LogP contribution in [0.15, 0.2) is 52.9 Å². The van der Waals surface area contributed by atoms with Crippen LogP contribution < -0.4 is 9.47 Å². The van der Waals surface area contributed by atoms with E-state index in [9.17, 15) is 0 Å². The van der Waals surface area contributed by atoms with E-state index in [0.29, 0.717) is 30.0 Å². The fourth-order valence-electron chi connectivity index (χ4n) is 3.30. The van der Waals surface area contributed by atoms with Gasteiger partial charge >= 0.3 is 0 Å². The fourth-order valence-corrected chi connectivity index (χ4v) is 3.48. The van der Waals surface area contributed by atoms with E-state index in [2.05, 4.69) is 22.1 Å². The predicted molar refractivity (Wildman–Crippen MR) is 113 cm³/mol. The van der Waals surface area contributed by atoms with Crippen molar-refractivity contribution in [3.05, 3.63) is 58.9 Å². The summed E-state index contributed by atoms with van der Waals surface area (Å²) in [6.45, 7) is 3.96. The molecule has 0 amide bonds. The van der Waals surface area contributed by atoms with Crippen LogP contribution in [0.25, 0.3) is 11.5 Å². The topological polar surface area (TPSA) is 52.7 Å². The second-order valence-electron chi connectivity index (χ2n) is 7.07. The van der Waals surface area contributed by atoms with Gasteiger partial charge in [-0.15, -0.1) is 5.10 Å². The van der Waals surface area contributed by atoms with Gasteiger partial charge in [-0.2, -0.15) is 0 Å². The average Bonchev–Trinajstić information content (AvgIpc) is 3.53. The van der Waals surface area contributed by atoms with Crippen molar-refractivity contribution >= 4 is 12.2 Å². The molecule has 0 atom stereocenters. The van der Waals surface area contributed by atoms with Crippen LogP contribution in [0, 0.1) is 4.84 Å². The number of aromatic nitrogens is 2. The highest BCUT2D eigenvalue weighted by molar-refractivity contribution is 7.71. The molecule has 1 aliphatic rings. The molecule has 7 heteroatoms. The summed E-state index contributed by atoms with van der Waals surface area (Å²) in [6.07, 6.45) is 2.39. The molecule has 0 N–H and O–H groups in total. The van der Waals surface area contributed by atoms with Gasteiger partial charge in [-0.05, 0) is 61.8 Å². The first-order valence-corrected chi connectivity index (χ1v) is 10.3. The first-order valence-electron chi connectivity index (χ1n) is 9.85. The third kappa shape index (κ3) is 4.68. The molecule has 4 rings (SSSR count). The third-order valence-electron chi connectivity index (χ3n) is 4.95. The summed E-state index contributed by atoms with van der Waals surface area (Å²) < 4.78 is 18.5. The van der Waals surface area contributed by atoms with Gasteiger partial charge in [0.2, 0.25) is 0 Å². The Morgan fingerprint density at radius 1 is 1.17 bits per heavy atom. The molecule has 29 heavy (non-hydrogen) atoms. The van der Waals surface area contributed by atoms with Crippen molar-refractivity contribution in [1.82, 2.24) is 14.7 Å². The number of para-hydroxylation sites is 1. The molecule has 1 aromatic heterocycles. The zero-order valence-corrected chi connectivity index (χ0v) is 17.5. The van der Waals surface area contributed by atoms with Crippen LogP contribution >= 0.6 is 12.2 Å². The molecular weight excluding hydrogens is 386 g/mol. The molecule has 152 valence electrons. The Morgan fingerprint density at radius 2 is 1.93 bits per heavy atom. The van der Waals surface area contributed by atoms with Crippen molar-refractivity contribution in [2.45, 2.75) is 39.0 Å². The molecule has 3 aromatic rings. The quantitative estimate of drug-likeness (QED) is 0.467. The summed E-state index contributed by atoms with van der Waals surface area (Å²) in [5.74, 6) is 2.10. The van der Waals surface area contributed by atoms with Crippen molar-refractivity contribution in [3.8, 4) is 23.0 Å². The van der Waals surface area contributed by atoms with Gasteiger partial charge in [0.05, 0.1) is 25.9 Å². The Kier molecular flexibility index (Phi) is 5.97. The summed E-state index contributed by atoms with van der Waals surface area (Å²) >= 11 is 5.45. The highest BCUT2D eigenvalue weighted by atomic mass is 32.1. The maximum absolute atomic E-state index is 5.81. The molecule has 6 nitrogen and oxygen atoms in total. The Bertz CT molecular complexity index is 1010. The van der Waals surface area contributed by atoms with Crippen molar-refractivity contribution < 1.29 is 13.9 Å². The van der Waals surface area contributed by atoms with Gasteiger partial charge in [-0.1, -0.05) is 24.3 Å². The maximum Gasteiger partial charge on any atom is 0.288 e. The summed E-state index contributed by atoms with van der Waals surface area (Å²) in [4.78, 5) is 2.75. The first kappa shape index (κ1) is 19.7. The molecule has 0 bridgehead atoms. The molecule has 0 radical (unpaired) electrons. The monoisotopic (exact) mass is 411 g/mol. The van der Waals surface area contributed by atoms with E-state index in [4.69, 9.17) is 26.1 Å². The highest BCUT2D eigenvalue weighted by Gasteiger charge is 2.30. The maximum atomic E-state index is 5.81. The Morgan fingerprint density at radius 3 is 2.62 bits per heavy atom. The normalized spacial score (nSPS) is 13.6. The van der Waals surface area contributed by atoms with Crippen LogP contribution in [0.2, 0.25) is 0 Å². The standard InChI is InChI=1S/C22H25N3O3S/c1-3-27-20-7-5-4-6-19(20)21-23-25(22(29)28-21)15-24(17-10-11-17)14-16-8-12-18(26-2)13-9-16/h4-9,12-13,17H,3,10-11,14-15H2,1-2H3. The smallest absolute Gasteiger partial charge is 0.288 e. The van der Waals surface area contributed by atoms with Gasteiger partial charge in [0, 0.05) is 12.6 Å². The van der Waals surface area contributed by atoms with Crippen molar-refractivity contribution in [1.29, 1.82) is 0 Å². The van der Waals surface area contributed by atoms with E-state index in [1.165, 1.54) is 18.4 Å². The van der Waals surface area contributed by atoms with E-state index in [-0.39, 0.29) is 0 Å².